The molecule has 0 bridgehead atoms. The smallest absolute Gasteiger partial charge is 0.358 e. The molecule has 1 atom stereocenters. The summed E-state index contributed by atoms with van der Waals surface area (Å²) in [5, 5.41) is -0.360. The van der Waals surface area contributed by atoms with Crippen molar-refractivity contribution in [3.8, 4) is 0 Å². The quantitative estimate of drug-likeness (QED) is 0.775. The lowest BCUT2D eigenvalue weighted by molar-refractivity contribution is -0.0511. The van der Waals surface area contributed by atoms with Crippen LogP contribution in [0.25, 0.3) is 6.08 Å². The Kier molecular flexibility index (Phi) is 4.93. The van der Waals surface area contributed by atoms with Gasteiger partial charge in [-0.15, -0.1) is 0 Å². The Labute approximate surface area is 117 Å². The highest BCUT2D eigenvalue weighted by Crippen LogP contribution is 2.38. The van der Waals surface area contributed by atoms with Crippen LogP contribution in [0, 0.1) is 0 Å². The number of benzene rings is 1. The van der Waals surface area contributed by atoms with Gasteiger partial charge < -0.3 is 13.6 Å². The molecule has 1 aliphatic heterocycles. The Balaban J connectivity index is 2.37. The second kappa shape index (κ2) is 6.48. The fourth-order valence-electron chi connectivity index (χ4n) is 2.74. The van der Waals surface area contributed by atoms with E-state index in [0.29, 0.717) is 0 Å². The van der Waals surface area contributed by atoms with Gasteiger partial charge in [-0.05, 0) is 30.4 Å². The van der Waals surface area contributed by atoms with Crippen molar-refractivity contribution in [3.05, 3.63) is 42.0 Å². The van der Waals surface area contributed by atoms with E-state index in [4.69, 9.17) is 13.6 Å². The molecule has 0 aromatic heterocycles. The average molecular weight is 278 g/mol. The van der Waals surface area contributed by atoms with E-state index in [1.807, 2.05) is 6.08 Å². The molecular formula is C15H22O3Si. The molecule has 1 heterocycles. The third-order valence-corrected chi connectivity index (χ3v) is 6.15. The summed E-state index contributed by atoms with van der Waals surface area (Å²) >= 11 is 0. The summed E-state index contributed by atoms with van der Waals surface area (Å²) < 4.78 is 17.4. The van der Waals surface area contributed by atoms with Crippen LogP contribution in [0.2, 0.25) is 0 Å². The van der Waals surface area contributed by atoms with Crippen LogP contribution in [0.5, 0.6) is 0 Å². The van der Waals surface area contributed by atoms with E-state index in [1.165, 1.54) is 0 Å². The van der Waals surface area contributed by atoms with Gasteiger partial charge in [-0.25, -0.2) is 0 Å². The van der Waals surface area contributed by atoms with Gasteiger partial charge in [0.2, 0.25) is 0 Å². The van der Waals surface area contributed by atoms with Crippen LogP contribution in [0.3, 0.4) is 0 Å². The van der Waals surface area contributed by atoms with Gasteiger partial charge in [0, 0.05) is 20.8 Å². The van der Waals surface area contributed by atoms with Gasteiger partial charge >= 0.3 is 9.28 Å². The summed E-state index contributed by atoms with van der Waals surface area (Å²) in [6, 6.07) is 8.36. The van der Waals surface area contributed by atoms with E-state index in [1.54, 1.807) is 14.2 Å². The number of ether oxygens (including phenoxy) is 1. The van der Waals surface area contributed by atoms with Crippen molar-refractivity contribution in [1.29, 1.82) is 0 Å². The van der Waals surface area contributed by atoms with Crippen molar-refractivity contribution in [2.75, 3.05) is 20.8 Å². The van der Waals surface area contributed by atoms with Crippen LogP contribution in [-0.2, 0) is 18.8 Å². The molecule has 0 saturated carbocycles. The van der Waals surface area contributed by atoms with Gasteiger partial charge in [0.05, 0.1) is 0 Å². The second-order valence-electron chi connectivity index (χ2n) is 4.82. The highest BCUT2D eigenvalue weighted by molar-refractivity contribution is 6.48. The third kappa shape index (κ3) is 2.82. The molecule has 1 aliphatic rings. The molecule has 1 unspecified atom stereocenters. The zero-order chi connectivity index (χ0) is 13.7. The monoisotopic (exact) mass is 278 g/mol. The van der Waals surface area contributed by atoms with Crippen molar-refractivity contribution in [2.24, 2.45) is 0 Å². The zero-order valence-electron chi connectivity index (χ0n) is 11.7. The van der Waals surface area contributed by atoms with Gasteiger partial charge in [-0.3, -0.25) is 0 Å². The molecule has 0 aliphatic carbocycles. The van der Waals surface area contributed by atoms with Crippen LogP contribution < -0.4 is 0 Å². The molecule has 1 aromatic rings. The van der Waals surface area contributed by atoms with Crippen molar-refractivity contribution in [1.82, 2.24) is 0 Å². The first-order valence-corrected chi connectivity index (χ1v) is 8.21. The Morgan fingerprint density at radius 1 is 1.21 bits per heavy atom. The first-order chi connectivity index (χ1) is 9.26. The van der Waals surface area contributed by atoms with Crippen molar-refractivity contribution < 1.29 is 13.6 Å². The van der Waals surface area contributed by atoms with E-state index in [-0.39, 0.29) is 5.22 Å². The third-order valence-electron chi connectivity index (χ3n) is 3.75. The molecule has 1 aromatic carbocycles. The predicted octanol–water partition coefficient (Wildman–Crippen LogP) is 2.78. The predicted molar refractivity (Wildman–Crippen MR) is 79.2 cm³/mol. The lowest BCUT2D eigenvalue weighted by atomic mass is 9.99. The molecular weight excluding hydrogens is 256 g/mol. The standard InChI is InChI=1S/C15H22O3Si/c1-4-13-7-9-14(10-8-13)15(19(16-2)17-3)11-5-6-12-18-15/h4,7-10,19H,1,5-6,11-12H2,2-3H3. The maximum atomic E-state index is 6.15. The number of rotatable bonds is 5. The van der Waals surface area contributed by atoms with Gasteiger partial charge in [-0.1, -0.05) is 36.9 Å². The summed E-state index contributed by atoms with van der Waals surface area (Å²) in [7, 11) is 1.53. The van der Waals surface area contributed by atoms with E-state index >= 15 is 0 Å². The van der Waals surface area contributed by atoms with Crippen LogP contribution in [0.4, 0.5) is 0 Å². The average Bonchev–Trinajstić information content (AvgIpc) is 2.49. The molecule has 104 valence electrons. The molecule has 0 N–H and O–H groups in total. The number of hydrogen-bond donors (Lipinski definition) is 0. The Bertz CT molecular complexity index is 406. The summed E-state index contributed by atoms with van der Waals surface area (Å²) in [5.41, 5.74) is 2.28. The van der Waals surface area contributed by atoms with E-state index in [0.717, 1.165) is 37.0 Å². The first kappa shape index (κ1) is 14.5. The lowest BCUT2D eigenvalue weighted by Crippen LogP contribution is -2.50. The van der Waals surface area contributed by atoms with Crippen LogP contribution in [0.1, 0.15) is 30.4 Å². The molecule has 0 spiro atoms. The van der Waals surface area contributed by atoms with Crippen LogP contribution in [0.15, 0.2) is 30.8 Å². The van der Waals surface area contributed by atoms with Crippen LogP contribution in [-0.4, -0.2) is 30.1 Å². The summed E-state index contributed by atoms with van der Waals surface area (Å²) in [6.45, 7) is 4.56. The second-order valence-corrected chi connectivity index (χ2v) is 7.36. The molecule has 0 radical (unpaired) electrons. The summed E-state index contributed by atoms with van der Waals surface area (Å²) in [6.07, 6.45) is 5.08. The normalized spacial score (nSPS) is 23.5. The van der Waals surface area contributed by atoms with E-state index in [2.05, 4.69) is 30.8 Å². The molecule has 2 rings (SSSR count). The Morgan fingerprint density at radius 2 is 1.89 bits per heavy atom. The lowest BCUT2D eigenvalue weighted by Gasteiger charge is -2.40. The molecule has 19 heavy (non-hydrogen) atoms. The van der Waals surface area contributed by atoms with Gasteiger partial charge in [0.15, 0.2) is 0 Å². The maximum Gasteiger partial charge on any atom is 0.358 e. The van der Waals surface area contributed by atoms with E-state index in [9.17, 15) is 0 Å². The highest BCUT2D eigenvalue weighted by atomic mass is 28.3. The Hall–Kier alpha value is -0.943. The van der Waals surface area contributed by atoms with Crippen LogP contribution >= 0.6 is 0 Å². The molecule has 4 heteroatoms. The minimum absolute atomic E-state index is 0.360. The fourth-order valence-corrected chi connectivity index (χ4v) is 4.86. The maximum absolute atomic E-state index is 6.15. The highest BCUT2D eigenvalue weighted by Gasteiger charge is 2.46. The Morgan fingerprint density at radius 3 is 2.37 bits per heavy atom. The zero-order valence-corrected chi connectivity index (χ0v) is 12.9. The molecule has 1 saturated heterocycles. The van der Waals surface area contributed by atoms with Gasteiger partial charge in [0.1, 0.15) is 5.22 Å². The van der Waals surface area contributed by atoms with Gasteiger partial charge in [0.25, 0.3) is 0 Å². The van der Waals surface area contributed by atoms with Gasteiger partial charge in [-0.2, -0.15) is 0 Å². The summed E-state index contributed by atoms with van der Waals surface area (Å²) in [4.78, 5) is 0. The van der Waals surface area contributed by atoms with Crippen molar-refractivity contribution >= 4 is 15.4 Å². The largest absolute Gasteiger partial charge is 0.398 e. The molecule has 3 nitrogen and oxygen atoms in total. The minimum atomic E-state index is -1.91. The molecule has 0 amide bonds. The topological polar surface area (TPSA) is 27.7 Å². The van der Waals surface area contributed by atoms with Crippen molar-refractivity contribution in [2.45, 2.75) is 24.5 Å². The minimum Gasteiger partial charge on any atom is -0.398 e. The summed E-state index contributed by atoms with van der Waals surface area (Å²) in [5.74, 6) is 0. The SMILES string of the molecule is C=Cc1ccc(C2([SiH](OC)OC)CCCCO2)cc1. The van der Waals surface area contributed by atoms with Crippen molar-refractivity contribution in [3.63, 3.8) is 0 Å². The number of hydrogen-bond acceptors (Lipinski definition) is 3. The fraction of sp³-hybridized carbons (Fsp3) is 0.467. The first-order valence-electron chi connectivity index (χ1n) is 6.69. The van der Waals surface area contributed by atoms with E-state index < -0.39 is 9.28 Å². The molecule has 1 fully saturated rings.